The number of halogens is 3. The number of rotatable bonds is 11. The Bertz CT molecular complexity index is 1810. The summed E-state index contributed by atoms with van der Waals surface area (Å²) in [7, 11) is 4.51. The van der Waals surface area contributed by atoms with Crippen LogP contribution in [0.15, 0.2) is 84.9 Å². The second kappa shape index (κ2) is 15.1. The van der Waals surface area contributed by atoms with Crippen molar-refractivity contribution in [3.8, 4) is 39.5 Å². The standard InChI is InChI=1S/C38H40F3NO8/c1-37(2)34(48-5)32(43)33(44)36(50-37)49-28-14-12-22(29(21-28)23-8-6-10-26(18-23)38(39,40)41)16-17-42-35(45)25-13-15-31(47-4)30(20-25)24-9-7-11-27(19-24)46-3/h6-15,18-21,32-34,36,43-44H,16-17H2,1-5H3,(H,42,45)/t32-,33+,34+,36+/m0/s1. The minimum Gasteiger partial charge on any atom is -0.497 e. The van der Waals surface area contributed by atoms with Gasteiger partial charge in [0.1, 0.15) is 35.6 Å². The molecule has 1 aliphatic rings. The van der Waals surface area contributed by atoms with Crippen LogP contribution in [0.3, 0.4) is 0 Å². The number of amides is 1. The van der Waals surface area contributed by atoms with E-state index >= 15 is 0 Å². The number of hydrogen-bond donors (Lipinski definition) is 3. The van der Waals surface area contributed by atoms with Crippen molar-refractivity contribution in [3.63, 3.8) is 0 Å². The minimum atomic E-state index is -4.57. The van der Waals surface area contributed by atoms with Crippen LogP contribution in [0.2, 0.25) is 0 Å². The second-order valence-corrected chi connectivity index (χ2v) is 12.4. The number of aliphatic hydroxyl groups is 2. The first-order valence-corrected chi connectivity index (χ1v) is 15.9. The predicted molar refractivity (Wildman–Crippen MR) is 180 cm³/mol. The normalized spacial score (nSPS) is 20.2. The lowest BCUT2D eigenvalue weighted by molar-refractivity contribution is -0.305. The van der Waals surface area contributed by atoms with Crippen molar-refractivity contribution in [2.75, 3.05) is 27.9 Å². The molecule has 1 saturated heterocycles. The van der Waals surface area contributed by atoms with Crippen molar-refractivity contribution in [1.29, 1.82) is 0 Å². The van der Waals surface area contributed by atoms with Crippen LogP contribution in [-0.2, 0) is 22.1 Å². The van der Waals surface area contributed by atoms with Gasteiger partial charge in [0.25, 0.3) is 5.91 Å². The molecule has 5 rings (SSSR count). The molecule has 1 amide bonds. The van der Waals surface area contributed by atoms with Gasteiger partial charge in [-0.05, 0) is 97.1 Å². The molecule has 266 valence electrons. The number of nitrogens with one attached hydrogen (secondary N) is 1. The Labute approximate surface area is 288 Å². The van der Waals surface area contributed by atoms with Crippen LogP contribution in [0.5, 0.6) is 17.2 Å². The quantitative estimate of drug-likeness (QED) is 0.168. The molecule has 0 saturated carbocycles. The van der Waals surface area contributed by atoms with Gasteiger partial charge in [-0.1, -0.05) is 30.3 Å². The molecule has 9 nitrogen and oxygen atoms in total. The van der Waals surface area contributed by atoms with E-state index in [1.54, 1.807) is 70.5 Å². The van der Waals surface area contributed by atoms with Crippen LogP contribution in [0.1, 0.15) is 35.3 Å². The van der Waals surface area contributed by atoms with Gasteiger partial charge >= 0.3 is 6.18 Å². The van der Waals surface area contributed by atoms with Crippen LogP contribution >= 0.6 is 0 Å². The maximum absolute atomic E-state index is 13.7. The zero-order valence-electron chi connectivity index (χ0n) is 28.3. The van der Waals surface area contributed by atoms with Crippen LogP contribution in [0.25, 0.3) is 22.3 Å². The predicted octanol–water partition coefficient (Wildman–Crippen LogP) is 6.28. The maximum Gasteiger partial charge on any atom is 0.416 e. The highest BCUT2D eigenvalue weighted by atomic mass is 19.4. The number of carbonyl (C=O) groups is 1. The van der Waals surface area contributed by atoms with Crippen molar-refractivity contribution >= 4 is 5.91 Å². The molecule has 1 fully saturated rings. The molecule has 12 heteroatoms. The number of ether oxygens (including phenoxy) is 5. The summed E-state index contributed by atoms with van der Waals surface area (Å²) in [5.41, 5.74) is 1.36. The molecular weight excluding hydrogens is 655 g/mol. The number of hydrogen-bond acceptors (Lipinski definition) is 8. The number of benzene rings is 4. The van der Waals surface area contributed by atoms with E-state index in [4.69, 9.17) is 23.7 Å². The summed E-state index contributed by atoms with van der Waals surface area (Å²) in [6.07, 6.45) is -9.22. The fourth-order valence-electron chi connectivity index (χ4n) is 6.10. The Morgan fingerprint density at radius 1 is 0.840 bits per heavy atom. The minimum absolute atomic E-state index is 0.161. The molecule has 0 radical (unpaired) electrons. The molecule has 0 spiro atoms. The molecule has 4 aromatic rings. The van der Waals surface area contributed by atoms with E-state index < -0.39 is 41.9 Å². The highest BCUT2D eigenvalue weighted by molar-refractivity contribution is 5.96. The summed E-state index contributed by atoms with van der Waals surface area (Å²) in [6.45, 7) is 3.53. The van der Waals surface area contributed by atoms with Gasteiger partial charge in [0.2, 0.25) is 6.29 Å². The Morgan fingerprint density at radius 3 is 2.24 bits per heavy atom. The SMILES string of the molecule is COc1cccc(-c2cc(C(=O)NCCc3ccc(O[C@@H]4OC(C)(C)[C@H](OC)[C@@H](O)[C@H]4O)cc3-c3cccc(C(F)(F)F)c3)ccc2OC)c1. The third kappa shape index (κ3) is 8.05. The Kier molecular flexibility index (Phi) is 11.1. The molecule has 3 N–H and O–H groups in total. The van der Waals surface area contributed by atoms with Gasteiger partial charge in [-0.25, -0.2) is 0 Å². The largest absolute Gasteiger partial charge is 0.497 e. The van der Waals surface area contributed by atoms with Crippen LogP contribution in [0.4, 0.5) is 13.2 Å². The van der Waals surface area contributed by atoms with E-state index in [0.29, 0.717) is 33.8 Å². The topological polar surface area (TPSA) is 116 Å². The Balaban J connectivity index is 1.39. The van der Waals surface area contributed by atoms with Crippen molar-refractivity contribution in [2.24, 2.45) is 0 Å². The molecule has 4 atom stereocenters. The first-order chi connectivity index (χ1) is 23.7. The summed E-state index contributed by atoms with van der Waals surface area (Å²) in [4.78, 5) is 13.3. The van der Waals surface area contributed by atoms with E-state index in [2.05, 4.69) is 5.32 Å². The first kappa shape index (κ1) is 36.7. The molecule has 4 aromatic carbocycles. The molecule has 1 heterocycles. The monoisotopic (exact) mass is 695 g/mol. The Hall–Kier alpha value is -4.62. The molecule has 0 aromatic heterocycles. The zero-order valence-corrected chi connectivity index (χ0v) is 28.3. The molecule has 1 aliphatic heterocycles. The summed E-state index contributed by atoms with van der Waals surface area (Å²) in [5, 5.41) is 24.3. The van der Waals surface area contributed by atoms with Crippen molar-refractivity contribution < 1.29 is 51.9 Å². The smallest absolute Gasteiger partial charge is 0.416 e. The van der Waals surface area contributed by atoms with Crippen LogP contribution < -0.4 is 19.5 Å². The Morgan fingerprint density at radius 2 is 1.56 bits per heavy atom. The van der Waals surface area contributed by atoms with E-state index in [9.17, 15) is 28.2 Å². The van der Waals surface area contributed by atoms with E-state index in [-0.39, 0.29) is 30.2 Å². The lowest BCUT2D eigenvalue weighted by Gasteiger charge is -2.46. The third-order valence-electron chi connectivity index (χ3n) is 8.65. The number of carbonyl (C=O) groups excluding carboxylic acids is 1. The maximum atomic E-state index is 13.7. The van der Waals surface area contributed by atoms with Gasteiger partial charge in [-0.15, -0.1) is 0 Å². The van der Waals surface area contributed by atoms with Crippen molar-refractivity contribution in [2.45, 2.75) is 56.6 Å². The second-order valence-electron chi connectivity index (χ2n) is 12.4. The number of alkyl halides is 3. The van der Waals surface area contributed by atoms with Gasteiger partial charge in [0.15, 0.2) is 0 Å². The summed E-state index contributed by atoms with van der Waals surface area (Å²) < 4.78 is 69.2. The summed E-state index contributed by atoms with van der Waals surface area (Å²) >= 11 is 0. The van der Waals surface area contributed by atoms with Gasteiger partial charge < -0.3 is 39.2 Å². The van der Waals surface area contributed by atoms with Crippen LogP contribution in [0, 0.1) is 0 Å². The molecule has 50 heavy (non-hydrogen) atoms. The molecule has 0 unspecified atom stereocenters. The van der Waals surface area contributed by atoms with E-state index in [0.717, 1.165) is 17.7 Å². The van der Waals surface area contributed by atoms with Crippen LogP contribution in [-0.4, -0.2) is 74.2 Å². The first-order valence-electron chi connectivity index (χ1n) is 15.9. The van der Waals surface area contributed by atoms with E-state index in [1.165, 1.54) is 13.2 Å². The van der Waals surface area contributed by atoms with Gasteiger partial charge in [0.05, 0.1) is 25.4 Å². The highest BCUT2D eigenvalue weighted by Gasteiger charge is 2.50. The lowest BCUT2D eigenvalue weighted by Crippen LogP contribution is -2.63. The summed E-state index contributed by atoms with van der Waals surface area (Å²) in [6, 6.07) is 22.2. The fraction of sp³-hybridized carbons (Fsp3) is 0.342. The molecule has 0 aliphatic carbocycles. The van der Waals surface area contributed by atoms with Gasteiger partial charge in [0, 0.05) is 24.8 Å². The fourth-order valence-corrected chi connectivity index (χ4v) is 6.10. The number of aliphatic hydroxyl groups excluding tert-OH is 2. The number of methoxy groups -OCH3 is 3. The van der Waals surface area contributed by atoms with E-state index in [1.807, 2.05) is 24.3 Å². The van der Waals surface area contributed by atoms with Gasteiger partial charge in [-0.3, -0.25) is 4.79 Å². The zero-order chi connectivity index (χ0) is 36.2. The molecular formula is C38H40F3NO8. The van der Waals surface area contributed by atoms with Crippen molar-refractivity contribution in [1.82, 2.24) is 5.32 Å². The van der Waals surface area contributed by atoms with Gasteiger partial charge in [-0.2, -0.15) is 13.2 Å². The average Bonchev–Trinajstić information content (AvgIpc) is 3.10. The third-order valence-corrected chi connectivity index (χ3v) is 8.65. The van der Waals surface area contributed by atoms with Crippen molar-refractivity contribution in [3.05, 3.63) is 102 Å². The highest BCUT2D eigenvalue weighted by Crippen LogP contribution is 2.37. The average molecular weight is 696 g/mol. The molecule has 0 bridgehead atoms. The summed E-state index contributed by atoms with van der Waals surface area (Å²) in [5.74, 6) is 1.06. The lowest BCUT2D eigenvalue weighted by atomic mass is 9.89.